The summed E-state index contributed by atoms with van der Waals surface area (Å²) in [5.74, 6) is -0.296. The Bertz CT molecular complexity index is 1110. The minimum absolute atomic E-state index is 0.0423. The number of fused-ring (bicyclic) bond motifs is 3. The minimum Gasteiger partial charge on any atom is -0.486 e. The van der Waals surface area contributed by atoms with Crippen LogP contribution in [0.5, 0.6) is 5.75 Å². The third-order valence-corrected chi connectivity index (χ3v) is 6.96. The van der Waals surface area contributed by atoms with E-state index in [1.807, 2.05) is 36.4 Å². The number of hydrogen-bond donors (Lipinski definition) is 3. The van der Waals surface area contributed by atoms with Crippen LogP contribution in [0.4, 0.5) is 0 Å². The maximum absolute atomic E-state index is 13.4. The number of amides is 2. The fourth-order valence-electron chi connectivity index (χ4n) is 4.87. The van der Waals surface area contributed by atoms with Gasteiger partial charge in [-0.25, -0.2) is 0 Å². The molecular formula is C26H27ClN2O5. The molecule has 0 unspecified atom stereocenters. The molecule has 1 saturated carbocycles. The first kappa shape index (κ1) is 22.9. The number of nitrogens with zero attached hydrogens (tertiary/aromatic N) is 1. The molecule has 178 valence electrons. The number of aliphatic hydroxyl groups is 2. The van der Waals surface area contributed by atoms with Gasteiger partial charge in [0.05, 0.1) is 18.6 Å². The van der Waals surface area contributed by atoms with E-state index < -0.39 is 24.2 Å². The van der Waals surface area contributed by atoms with E-state index in [2.05, 4.69) is 5.32 Å². The number of carbonyl (C=O) groups is 2. The van der Waals surface area contributed by atoms with Crippen molar-refractivity contribution in [2.45, 2.75) is 43.6 Å². The zero-order valence-corrected chi connectivity index (χ0v) is 19.3. The molecule has 0 radical (unpaired) electrons. The number of nitrogens with one attached hydrogen (secondary N) is 1. The molecule has 5 rings (SSSR count). The van der Waals surface area contributed by atoms with Gasteiger partial charge in [0.2, 0.25) is 11.8 Å². The van der Waals surface area contributed by atoms with Gasteiger partial charge in [0.15, 0.2) is 0 Å². The first-order valence-corrected chi connectivity index (χ1v) is 11.9. The predicted molar refractivity (Wildman–Crippen MR) is 126 cm³/mol. The van der Waals surface area contributed by atoms with Gasteiger partial charge in [-0.15, -0.1) is 0 Å². The van der Waals surface area contributed by atoms with E-state index >= 15 is 0 Å². The van der Waals surface area contributed by atoms with Crippen molar-refractivity contribution in [2.75, 3.05) is 13.2 Å². The zero-order chi connectivity index (χ0) is 23.8. The highest BCUT2D eigenvalue weighted by Crippen LogP contribution is 2.47. The van der Waals surface area contributed by atoms with Crippen molar-refractivity contribution in [3.8, 4) is 5.75 Å². The van der Waals surface area contributed by atoms with Crippen LogP contribution in [0.15, 0.2) is 60.2 Å². The second-order valence-corrected chi connectivity index (χ2v) is 9.48. The number of ether oxygens (including phenoxy) is 1. The highest BCUT2D eigenvalue weighted by atomic mass is 35.5. The summed E-state index contributed by atoms with van der Waals surface area (Å²) >= 11 is 6.03. The molecule has 2 amide bonds. The van der Waals surface area contributed by atoms with Gasteiger partial charge in [-0.1, -0.05) is 41.9 Å². The SMILES string of the molecule is O=C(NCCO)C1=C[C@@H](N(Cc2ccc(Cl)cc2)C(=O)C2CC2)[C@H](O)[C@H]2Oc3ccccc3[C@@H]12. The van der Waals surface area contributed by atoms with Crippen molar-refractivity contribution >= 4 is 23.4 Å². The molecule has 0 spiro atoms. The maximum Gasteiger partial charge on any atom is 0.247 e. The highest BCUT2D eigenvalue weighted by Gasteiger charge is 2.51. The molecule has 2 aromatic carbocycles. The summed E-state index contributed by atoms with van der Waals surface area (Å²) in [6.07, 6.45) is 1.62. The lowest BCUT2D eigenvalue weighted by Crippen LogP contribution is -2.55. The van der Waals surface area contributed by atoms with Crippen LogP contribution in [-0.4, -0.2) is 58.3 Å². The molecular weight excluding hydrogens is 456 g/mol. The molecule has 0 aromatic heterocycles. The van der Waals surface area contributed by atoms with E-state index in [9.17, 15) is 19.8 Å². The Balaban J connectivity index is 1.54. The fraction of sp³-hybridized carbons (Fsp3) is 0.385. The topological polar surface area (TPSA) is 99.1 Å². The highest BCUT2D eigenvalue weighted by molar-refractivity contribution is 6.30. The van der Waals surface area contributed by atoms with E-state index in [1.54, 1.807) is 23.1 Å². The molecule has 1 fully saturated rings. The Kier molecular flexibility index (Phi) is 6.34. The number of rotatable bonds is 7. The van der Waals surface area contributed by atoms with E-state index in [0.29, 0.717) is 16.3 Å². The van der Waals surface area contributed by atoms with Crippen molar-refractivity contribution in [1.82, 2.24) is 10.2 Å². The lowest BCUT2D eigenvalue weighted by atomic mass is 9.77. The maximum atomic E-state index is 13.4. The summed E-state index contributed by atoms with van der Waals surface area (Å²) in [6.45, 7) is 0.203. The van der Waals surface area contributed by atoms with Crippen LogP contribution in [-0.2, 0) is 16.1 Å². The Morgan fingerprint density at radius 2 is 1.85 bits per heavy atom. The zero-order valence-electron chi connectivity index (χ0n) is 18.6. The van der Waals surface area contributed by atoms with Crippen LogP contribution in [0.25, 0.3) is 0 Å². The van der Waals surface area contributed by atoms with Crippen molar-refractivity contribution in [2.24, 2.45) is 5.92 Å². The van der Waals surface area contributed by atoms with Crippen LogP contribution in [0.1, 0.15) is 29.9 Å². The Labute approximate surface area is 203 Å². The largest absolute Gasteiger partial charge is 0.486 e. The second kappa shape index (κ2) is 9.41. The normalized spacial score (nSPS) is 25.0. The number of carbonyl (C=O) groups excluding carboxylic acids is 2. The molecule has 0 bridgehead atoms. The quantitative estimate of drug-likeness (QED) is 0.563. The molecule has 2 aliphatic carbocycles. The number of halogens is 1. The molecule has 7 nitrogen and oxygen atoms in total. The number of benzene rings is 2. The van der Waals surface area contributed by atoms with Gasteiger partial charge in [-0.2, -0.15) is 0 Å². The summed E-state index contributed by atoms with van der Waals surface area (Å²) in [4.78, 5) is 28.2. The standard InChI is InChI=1S/C26H27ClN2O5/c27-17-9-5-15(6-10-17)14-29(26(33)16-7-8-16)20-13-19(25(32)28-11-12-30)22-18-3-1-2-4-21(18)34-24(22)23(20)31/h1-6,9-10,13,16,20,22-24,30-31H,7-8,11-12,14H2,(H,28,32)/t20-,22+,23+,24+/m1/s1. The van der Waals surface area contributed by atoms with Crippen LogP contribution >= 0.6 is 11.6 Å². The summed E-state index contributed by atoms with van der Waals surface area (Å²) in [5.41, 5.74) is 2.14. The van der Waals surface area contributed by atoms with E-state index in [4.69, 9.17) is 16.3 Å². The average Bonchev–Trinajstić information content (AvgIpc) is 3.62. The average molecular weight is 483 g/mol. The second-order valence-electron chi connectivity index (χ2n) is 9.05. The molecule has 2 aromatic rings. The first-order valence-electron chi connectivity index (χ1n) is 11.6. The van der Waals surface area contributed by atoms with Crippen molar-refractivity contribution < 1.29 is 24.5 Å². The number of hydrogen-bond acceptors (Lipinski definition) is 5. The molecule has 8 heteroatoms. The van der Waals surface area contributed by atoms with Crippen LogP contribution in [0.3, 0.4) is 0 Å². The number of para-hydroxylation sites is 1. The summed E-state index contributed by atoms with van der Waals surface area (Å²) in [6, 6.07) is 13.9. The molecule has 34 heavy (non-hydrogen) atoms. The van der Waals surface area contributed by atoms with E-state index in [-0.39, 0.29) is 37.4 Å². The van der Waals surface area contributed by atoms with Gasteiger partial charge in [0.1, 0.15) is 18.0 Å². The smallest absolute Gasteiger partial charge is 0.247 e. The Morgan fingerprint density at radius 1 is 1.12 bits per heavy atom. The van der Waals surface area contributed by atoms with E-state index in [1.165, 1.54) is 0 Å². The fourth-order valence-corrected chi connectivity index (χ4v) is 5.00. The third-order valence-electron chi connectivity index (χ3n) is 6.71. The van der Waals surface area contributed by atoms with Gasteiger partial charge in [0.25, 0.3) is 0 Å². The molecule has 4 atom stereocenters. The lowest BCUT2D eigenvalue weighted by molar-refractivity contribution is -0.139. The van der Waals surface area contributed by atoms with Gasteiger partial charge in [-0.3, -0.25) is 9.59 Å². The molecule has 3 aliphatic rings. The third kappa shape index (κ3) is 4.31. The Hall–Kier alpha value is -2.87. The molecule has 3 N–H and O–H groups in total. The van der Waals surface area contributed by atoms with Crippen molar-refractivity contribution in [1.29, 1.82) is 0 Å². The minimum atomic E-state index is -1.03. The summed E-state index contributed by atoms with van der Waals surface area (Å²) < 4.78 is 6.13. The van der Waals surface area contributed by atoms with Crippen molar-refractivity contribution in [3.05, 3.63) is 76.3 Å². The van der Waals surface area contributed by atoms with Crippen LogP contribution in [0.2, 0.25) is 5.02 Å². The van der Waals surface area contributed by atoms with Crippen LogP contribution in [0, 0.1) is 5.92 Å². The predicted octanol–water partition coefficient (Wildman–Crippen LogP) is 2.40. The van der Waals surface area contributed by atoms with Gasteiger partial charge < -0.3 is 25.2 Å². The summed E-state index contributed by atoms with van der Waals surface area (Å²) in [5, 5.41) is 24.0. The molecule has 1 heterocycles. The van der Waals surface area contributed by atoms with E-state index in [0.717, 1.165) is 24.0 Å². The monoisotopic (exact) mass is 482 g/mol. The molecule has 0 saturated heterocycles. The van der Waals surface area contributed by atoms with Crippen molar-refractivity contribution in [3.63, 3.8) is 0 Å². The summed E-state index contributed by atoms with van der Waals surface area (Å²) in [7, 11) is 0. The molecule has 1 aliphatic heterocycles. The van der Waals surface area contributed by atoms with Gasteiger partial charge >= 0.3 is 0 Å². The Morgan fingerprint density at radius 3 is 2.56 bits per heavy atom. The number of aliphatic hydroxyl groups excluding tert-OH is 2. The van der Waals surface area contributed by atoms with Gasteiger partial charge in [-0.05, 0) is 42.7 Å². The lowest BCUT2D eigenvalue weighted by Gasteiger charge is -2.41. The van der Waals surface area contributed by atoms with Gasteiger partial charge in [0, 0.05) is 35.2 Å². The first-order chi connectivity index (χ1) is 16.5. The van der Waals surface area contributed by atoms with Crippen LogP contribution < -0.4 is 10.1 Å².